The van der Waals surface area contributed by atoms with E-state index in [4.69, 9.17) is 66.8 Å². The molecule has 8 heterocycles. The van der Waals surface area contributed by atoms with Gasteiger partial charge in [-0.1, -0.05) is 66.7 Å². The van der Waals surface area contributed by atoms with Gasteiger partial charge >= 0.3 is 0 Å². The zero-order valence-corrected chi connectivity index (χ0v) is 55.4. The molecule has 0 spiro atoms. The summed E-state index contributed by atoms with van der Waals surface area (Å²) in [6.45, 7) is -0.327. The minimum atomic E-state index is -1.56. The fraction of sp³-hybridized carbons (Fsp3) is 0.405. The zero-order chi connectivity index (χ0) is 71.2. The highest BCUT2D eigenvalue weighted by atomic mass is 16.7. The lowest BCUT2D eigenvalue weighted by molar-refractivity contribution is -0.302. The summed E-state index contributed by atoms with van der Waals surface area (Å²) in [6.07, 6.45) is -12.8. The maximum atomic E-state index is 10.3. The van der Waals surface area contributed by atoms with Crippen LogP contribution in [0.1, 0.15) is 22.8 Å². The molecule has 3 fully saturated rings. The third kappa shape index (κ3) is 17.3. The van der Waals surface area contributed by atoms with E-state index >= 15 is 0 Å². The molecule has 14 N–H and O–H groups in total. The normalized spacial score (nSPS) is 25.6. The molecule has 4 aromatic carbocycles. The van der Waals surface area contributed by atoms with Crippen LogP contribution in [0, 0.1) is 0 Å². The molecule has 0 saturated carbocycles. The molecule has 0 radical (unpaired) electrons. The third-order valence-electron chi connectivity index (χ3n) is 17.8. The van der Waals surface area contributed by atoms with Crippen LogP contribution in [0.2, 0.25) is 0 Å². The van der Waals surface area contributed by atoms with Gasteiger partial charge in [-0.2, -0.15) is 0 Å². The Morgan fingerprint density at radius 3 is 0.833 bits per heavy atom. The van der Waals surface area contributed by atoms with Crippen molar-refractivity contribution in [3.63, 3.8) is 0 Å². The smallest absolute Gasteiger partial charge is 0.186 e. The first kappa shape index (κ1) is 73.8. The van der Waals surface area contributed by atoms with Gasteiger partial charge in [-0.25, -0.2) is 9.97 Å². The Hall–Kier alpha value is -7.96. The molecule has 5 aliphatic rings. The Morgan fingerprint density at radius 1 is 0.294 bits per heavy atom. The Morgan fingerprint density at radius 2 is 0.559 bits per heavy atom. The molecule has 3 saturated heterocycles. The van der Waals surface area contributed by atoms with Crippen molar-refractivity contribution in [2.75, 3.05) is 99.1 Å². The summed E-state index contributed by atoms with van der Waals surface area (Å²) in [5.74, 6) is 1.72. The molecular weight excluding hydrogens is 1330 g/mol. The average Bonchev–Trinajstić information content (AvgIpc) is 1.62. The summed E-state index contributed by atoms with van der Waals surface area (Å²) in [5.41, 5.74) is 12.4. The Kier molecular flexibility index (Phi) is 25.3. The third-order valence-corrected chi connectivity index (χ3v) is 17.8. The van der Waals surface area contributed by atoms with E-state index in [-0.39, 0.29) is 79.3 Å². The standard InChI is InChI=1S/C74H84N4O24/c79-38-56-63(82)66(85)69(88)72(100-56)97-35-29-91-26-32-94-45-12-6-42(7-13-45)60-50-20-18-48(75-50)59(41-4-2-1-3-5-41)49-19-21-51(76-49)61(43-8-14-46(15-9-43)95-33-27-92-30-36-98-73-70(89)67(86)64(83)57(39-80)101-73)53-23-25-55(78-53)62(54-24-22-52(60)77-54)44-10-16-47(17-11-44)96-34-28-93-31-37-99-74-71(90)68(87)65(84)58(40-81)102-74/h1-25,56-58,63-75,78-90H,26-40H2/t56-,57-,58-,63+,64+,65+,66-,67-,68-,69-,70-,71-,72+,73+,74+/m1/s1. The van der Waals surface area contributed by atoms with Gasteiger partial charge < -0.3 is 128 Å². The molecule has 3 aromatic heterocycles. The van der Waals surface area contributed by atoms with Crippen LogP contribution in [0.25, 0.3) is 90.9 Å². The van der Waals surface area contributed by atoms with E-state index in [9.17, 15) is 61.3 Å². The Labute approximate surface area is 585 Å². The SMILES string of the molecule is OC[C@H]1O[C@H](OCCOCCOc2ccc(-c3c4nc(c(-c5ccc(OCCOCCO[C@H]6O[C@H](CO)[C@H](O)[C@@H](O)[C@H]6O)cc5)c5ccc([nH]5)c(-c5ccc(OCCOCCO[C@H]6O[C@H](CO)[C@H](O)[C@@H](O)[C@H]6O)cc5)c5nc(c(-c6ccccc6)c6ccc3[nH]6)C=C5)C=C4)cc2)[C@H](O)[C@H](O)[C@H]1O. The van der Waals surface area contributed by atoms with Crippen LogP contribution in [0.5, 0.6) is 17.2 Å². The van der Waals surface area contributed by atoms with Crippen LogP contribution in [0.3, 0.4) is 0 Å². The number of fused-ring (bicyclic) bond motifs is 8. The fourth-order valence-electron chi connectivity index (χ4n) is 12.4. The van der Waals surface area contributed by atoms with Crippen molar-refractivity contribution in [3.05, 3.63) is 150 Å². The van der Waals surface area contributed by atoms with Gasteiger partial charge in [-0.05, 0) is 107 Å². The van der Waals surface area contributed by atoms with Crippen LogP contribution < -0.4 is 14.2 Å². The minimum absolute atomic E-state index is 0.00754. The van der Waals surface area contributed by atoms with Gasteiger partial charge in [0, 0.05) is 44.3 Å². The highest BCUT2D eigenvalue weighted by Crippen LogP contribution is 2.40. The second-order valence-electron chi connectivity index (χ2n) is 24.5. The number of rotatable bonds is 31. The van der Waals surface area contributed by atoms with Crippen molar-refractivity contribution >= 4 is 46.4 Å². The maximum Gasteiger partial charge on any atom is 0.186 e. The monoisotopic (exact) mass is 1410 g/mol. The van der Waals surface area contributed by atoms with Crippen molar-refractivity contribution < 1.29 is 118 Å². The van der Waals surface area contributed by atoms with Crippen LogP contribution in [-0.4, -0.2) is 272 Å². The molecule has 28 heteroatoms. The van der Waals surface area contributed by atoms with Crippen molar-refractivity contribution in [2.45, 2.75) is 92.1 Å². The van der Waals surface area contributed by atoms with E-state index in [1.54, 1.807) is 0 Å². The average molecular weight is 1410 g/mol. The van der Waals surface area contributed by atoms with Gasteiger partial charge in [-0.3, -0.25) is 0 Å². The second kappa shape index (κ2) is 35.0. The molecule has 5 aliphatic heterocycles. The molecule has 28 nitrogen and oxygen atoms in total. The molecule has 7 aromatic rings. The number of aliphatic hydroxyl groups is 12. The molecule has 0 unspecified atom stereocenters. The topological polar surface area (TPSA) is 411 Å². The predicted molar refractivity (Wildman–Crippen MR) is 369 cm³/mol. The number of benzene rings is 4. The first-order valence-corrected chi connectivity index (χ1v) is 33.6. The number of aliphatic hydroxyl groups excluding tert-OH is 12. The van der Waals surface area contributed by atoms with Crippen LogP contribution in [0.15, 0.2) is 127 Å². The van der Waals surface area contributed by atoms with Gasteiger partial charge in [0.15, 0.2) is 18.9 Å². The predicted octanol–water partition coefficient (Wildman–Crippen LogP) is 2.96. The molecule has 15 atom stereocenters. The fourth-order valence-corrected chi connectivity index (χ4v) is 12.4. The lowest BCUT2D eigenvalue weighted by atomic mass is 9.99. The quantitative estimate of drug-likeness (QED) is 0.0278. The van der Waals surface area contributed by atoms with Gasteiger partial charge in [0.2, 0.25) is 0 Å². The van der Waals surface area contributed by atoms with Gasteiger partial charge in [0.1, 0.15) is 110 Å². The summed E-state index contributed by atoms with van der Waals surface area (Å²) in [5, 5.41) is 120. The van der Waals surface area contributed by atoms with E-state index < -0.39 is 112 Å². The molecular formula is C74H84N4O24. The number of aromatic amines is 2. The summed E-state index contributed by atoms with van der Waals surface area (Å²) < 4.78 is 68.4. The summed E-state index contributed by atoms with van der Waals surface area (Å²) >= 11 is 0. The number of H-pyrrole nitrogens is 2. The van der Waals surface area contributed by atoms with E-state index in [1.165, 1.54) is 0 Å². The van der Waals surface area contributed by atoms with Crippen LogP contribution in [0.4, 0.5) is 0 Å². The zero-order valence-electron chi connectivity index (χ0n) is 55.4. The maximum absolute atomic E-state index is 10.3. The molecule has 8 bridgehead atoms. The number of aromatic nitrogens is 4. The molecule has 0 aliphatic carbocycles. The lowest BCUT2D eigenvalue weighted by Gasteiger charge is -2.39. The Bertz CT molecular complexity index is 3990. The molecule has 102 heavy (non-hydrogen) atoms. The second-order valence-corrected chi connectivity index (χ2v) is 24.5. The first-order chi connectivity index (χ1) is 49.7. The van der Waals surface area contributed by atoms with Gasteiger partial charge in [-0.15, -0.1) is 0 Å². The van der Waals surface area contributed by atoms with E-state index in [1.807, 2.05) is 152 Å². The van der Waals surface area contributed by atoms with Crippen molar-refractivity contribution in [1.29, 1.82) is 0 Å². The minimum Gasteiger partial charge on any atom is -0.491 e. The number of ether oxygens (including phenoxy) is 12. The number of nitrogens with one attached hydrogen (secondary N) is 2. The number of hydrogen-bond acceptors (Lipinski definition) is 26. The lowest BCUT2D eigenvalue weighted by Crippen LogP contribution is -2.59. The highest BCUT2D eigenvalue weighted by Gasteiger charge is 2.46. The number of nitrogens with zero attached hydrogens (tertiary/aromatic N) is 2. The summed E-state index contributed by atoms with van der Waals surface area (Å²) in [6, 6.07) is 41.1. The van der Waals surface area contributed by atoms with E-state index in [0.717, 1.165) is 66.6 Å². The van der Waals surface area contributed by atoms with Crippen LogP contribution >= 0.6 is 0 Å². The van der Waals surface area contributed by atoms with E-state index in [0.29, 0.717) is 40.0 Å². The first-order valence-electron chi connectivity index (χ1n) is 33.6. The van der Waals surface area contributed by atoms with E-state index in [2.05, 4.69) is 9.97 Å². The van der Waals surface area contributed by atoms with Crippen molar-refractivity contribution in [3.8, 4) is 61.8 Å². The molecule has 0 amide bonds. The largest absolute Gasteiger partial charge is 0.491 e. The number of hydrogen-bond donors (Lipinski definition) is 14. The summed E-state index contributed by atoms with van der Waals surface area (Å²) in [4.78, 5) is 18.4. The van der Waals surface area contributed by atoms with Crippen LogP contribution in [-0.2, 0) is 42.6 Å². The molecule has 12 rings (SSSR count). The van der Waals surface area contributed by atoms with Crippen molar-refractivity contribution in [2.24, 2.45) is 0 Å². The highest BCUT2D eigenvalue weighted by molar-refractivity contribution is 6.00. The van der Waals surface area contributed by atoms with Gasteiger partial charge in [0.05, 0.1) is 102 Å². The molecule has 544 valence electrons. The Balaban J connectivity index is 0.817. The van der Waals surface area contributed by atoms with Gasteiger partial charge in [0.25, 0.3) is 0 Å². The summed E-state index contributed by atoms with van der Waals surface area (Å²) in [7, 11) is 0. The van der Waals surface area contributed by atoms with Crippen molar-refractivity contribution in [1.82, 2.24) is 19.9 Å².